The molecule has 0 bridgehead atoms. The van der Waals surface area contributed by atoms with E-state index >= 15 is 0 Å². The van der Waals surface area contributed by atoms with Gasteiger partial charge in [0.25, 0.3) is 0 Å². The first-order valence-electron chi connectivity index (χ1n) is 11.7. The first kappa shape index (κ1) is 18.6. The van der Waals surface area contributed by atoms with Gasteiger partial charge in [-0.15, -0.1) is 0 Å². The summed E-state index contributed by atoms with van der Waals surface area (Å²) in [4.78, 5) is 4.99. The molecule has 0 fully saturated rings. The molecule has 3 aromatic heterocycles. The normalized spacial score (nSPS) is 12.0. The lowest BCUT2D eigenvalue weighted by atomic mass is 10.1. The predicted octanol–water partition coefficient (Wildman–Crippen LogP) is 8.02. The summed E-state index contributed by atoms with van der Waals surface area (Å²) in [7, 11) is 0. The number of fused-ring (bicyclic) bond motifs is 7. The van der Waals surface area contributed by atoms with Crippen molar-refractivity contribution in [2.75, 3.05) is 0 Å². The number of nitrogens with zero attached hydrogens (tertiary/aromatic N) is 3. The van der Waals surface area contributed by atoms with Crippen molar-refractivity contribution in [1.29, 1.82) is 0 Å². The van der Waals surface area contributed by atoms with Gasteiger partial charge in [-0.2, -0.15) is 4.98 Å². The minimum Gasteiger partial charge on any atom is -0.423 e. The van der Waals surface area contributed by atoms with Crippen molar-refractivity contribution in [2.24, 2.45) is 0 Å². The quantitative estimate of drug-likeness (QED) is 0.268. The molecule has 0 saturated heterocycles. The molecule has 0 atom stereocenters. The smallest absolute Gasteiger partial charge is 0.307 e. The highest BCUT2D eigenvalue weighted by molar-refractivity contribution is 6.13. The topological polar surface area (TPSA) is 35.9 Å². The van der Waals surface area contributed by atoms with Crippen molar-refractivity contribution in [3.8, 4) is 11.7 Å². The van der Waals surface area contributed by atoms with Crippen LogP contribution < -0.4 is 0 Å². The third-order valence-corrected chi connectivity index (χ3v) is 6.96. The largest absolute Gasteiger partial charge is 0.423 e. The number of aromatic nitrogens is 3. The van der Waals surface area contributed by atoms with Gasteiger partial charge in [-0.25, -0.2) is 0 Å². The van der Waals surface area contributed by atoms with Gasteiger partial charge < -0.3 is 8.98 Å². The molecule has 3 heterocycles. The van der Waals surface area contributed by atoms with Crippen molar-refractivity contribution in [1.82, 2.24) is 14.1 Å². The highest BCUT2D eigenvalue weighted by Gasteiger charge is 2.19. The van der Waals surface area contributed by atoms with E-state index in [4.69, 9.17) is 9.40 Å². The van der Waals surface area contributed by atoms with Crippen LogP contribution in [0.15, 0.2) is 120 Å². The maximum atomic E-state index is 6.44. The van der Waals surface area contributed by atoms with Crippen LogP contribution in [0.2, 0.25) is 0 Å². The standard InChI is InChI=1S/C31H19N3O/c1-2-10-20(11-3-1)33-26-15-7-6-14-23(26)24-18-30-25(19-29(24)33)32-31(35-30)34-27-16-8-4-12-21(27)22-13-5-9-17-28(22)34/h1-19H. The summed E-state index contributed by atoms with van der Waals surface area (Å²) in [5.74, 6) is 0. The second-order valence-corrected chi connectivity index (χ2v) is 8.89. The van der Waals surface area contributed by atoms with E-state index in [1.54, 1.807) is 0 Å². The van der Waals surface area contributed by atoms with Crippen LogP contribution >= 0.6 is 0 Å². The van der Waals surface area contributed by atoms with Crippen molar-refractivity contribution < 1.29 is 4.42 Å². The van der Waals surface area contributed by atoms with Gasteiger partial charge in [0.2, 0.25) is 0 Å². The number of para-hydroxylation sites is 4. The van der Waals surface area contributed by atoms with E-state index in [9.17, 15) is 0 Å². The number of hydrogen-bond donors (Lipinski definition) is 0. The maximum absolute atomic E-state index is 6.44. The average molecular weight is 450 g/mol. The zero-order valence-electron chi connectivity index (χ0n) is 18.7. The van der Waals surface area contributed by atoms with Gasteiger partial charge >= 0.3 is 6.01 Å². The lowest BCUT2D eigenvalue weighted by Gasteiger charge is -2.07. The second-order valence-electron chi connectivity index (χ2n) is 8.89. The molecule has 5 aromatic carbocycles. The Morgan fingerprint density at radius 1 is 0.486 bits per heavy atom. The highest BCUT2D eigenvalue weighted by atomic mass is 16.4. The van der Waals surface area contributed by atoms with E-state index in [0.717, 1.165) is 38.7 Å². The van der Waals surface area contributed by atoms with E-state index in [1.165, 1.54) is 21.7 Å². The average Bonchev–Trinajstić information content (AvgIpc) is 3.57. The van der Waals surface area contributed by atoms with E-state index in [1.807, 2.05) is 6.07 Å². The van der Waals surface area contributed by atoms with Crippen LogP contribution in [0.1, 0.15) is 0 Å². The highest BCUT2D eigenvalue weighted by Crippen LogP contribution is 2.37. The Morgan fingerprint density at radius 2 is 1.03 bits per heavy atom. The Bertz CT molecular complexity index is 2000. The molecule has 35 heavy (non-hydrogen) atoms. The lowest BCUT2D eigenvalue weighted by molar-refractivity contribution is 0.575. The molecule has 0 aliphatic rings. The molecule has 8 aromatic rings. The summed E-state index contributed by atoms with van der Waals surface area (Å²) < 4.78 is 10.9. The van der Waals surface area contributed by atoms with Gasteiger partial charge in [0.05, 0.1) is 22.1 Å². The SMILES string of the molecule is c1ccc(-n2c3ccccc3c3cc4oc(-n5c6ccccc6c6ccccc65)nc4cc32)cc1. The summed E-state index contributed by atoms with van der Waals surface area (Å²) in [6, 6.07) is 40.7. The molecule has 0 saturated carbocycles. The van der Waals surface area contributed by atoms with E-state index < -0.39 is 0 Å². The van der Waals surface area contributed by atoms with Crippen LogP contribution in [0.4, 0.5) is 0 Å². The number of hydrogen-bond acceptors (Lipinski definition) is 2. The van der Waals surface area contributed by atoms with Crippen molar-refractivity contribution in [3.05, 3.63) is 115 Å². The predicted molar refractivity (Wildman–Crippen MR) is 143 cm³/mol. The van der Waals surface area contributed by atoms with Crippen LogP contribution in [0.25, 0.3) is 66.4 Å². The molecule has 4 nitrogen and oxygen atoms in total. The van der Waals surface area contributed by atoms with Crippen LogP contribution in [-0.4, -0.2) is 14.1 Å². The van der Waals surface area contributed by atoms with Crippen molar-refractivity contribution in [3.63, 3.8) is 0 Å². The molecule has 0 unspecified atom stereocenters. The van der Waals surface area contributed by atoms with Crippen LogP contribution in [-0.2, 0) is 0 Å². The van der Waals surface area contributed by atoms with Gasteiger partial charge in [-0.05, 0) is 42.5 Å². The third kappa shape index (κ3) is 2.53. The molecular weight excluding hydrogens is 430 g/mol. The molecule has 0 aliphatic heterocycles. The van der Waals surface area contributed by atoms with Gasteiger partial charge in [0.15, 0.2) is 5.58 Å². The molecule has 0 radical (unpaired) electrons. The fourth-order valence-corrected chi connectivity index (χ4v) is 5.46. The monoisotopic (exact) mass is 449 g/mol. The summed E-state index contributed by atoms with van der Waals surface area (Å²) in [6.45, 7) is 0. The Balaban J connectivity index is 1.46. The molecule has 164 valence electrons. The zero-order valence-corrected chi connectivity index (χ0v) is 18.7. The molecule has 0 aliphatic carbocycles. The Kier molecular flexibility index (Phi) is 3.63. The summed E-state index contributed by atoms with van der Waals surface area (Å²) >= 11 is 0. The van der Waals surface area contributed by atoms with E-state index in [-0.39, 0.29) is 0 Å². The van der Waals surface area contributed by atoms with E-state index in [2.05, 4.69) is 118 Å². The summed E-state index contributed by atoms with van der Waals surface area (Å²) in [6.07, 6.45) is 0. The van der Waals surface area contributed by atoms with Crippen molar-refractivity contribution >= 4 is 54.7 Å². The maximum Gasteiger partial charge on any atom is 0.307 e. The number of oxazole rings is 1. The fraction of sp³-hybridized carbons (Fsp3) is 0. The molecule has 4 heteroatoms. The van der Waals surface area contributed by atoms with Crippen molar-refractivity contribution in [2.45, 2.75) is 0 Å². The lowest BCUT2D eigenvalue weighted by Crippen LogP contribution is -1.93. The van der Waals surface area contributed by atoms with Gasteiger partial charge in [0.1, 0.15) is 5.52 Å². The van der Waals surface area contributed by atoms with E-state index in [0.29, 0.717) is 6.01 Å². The fourth-order valence-electron chi connectivity index (χ4n) is 5.46. The number of rotatable bonds is 2. The molecule has 0 spiro atoms. The minimum absolute atomic E-state index is 0.584. The first-order chi connectivity index (χ1) is 17.4. The Hall–Kier alpha value is -4.83. The van der Waals surface area contributed by atoms with Crippen LogP contribution in [0.3, 0.4) is 0 Å². The molecule has 0 amide bonds. The van der Waals surface area contributed by atoms with Gasteiger partial charge in [-0.3, -0.25) is 4.57 Å². The minimum atomic E-state index is 0.584. The Morgan fingerprint density at radius 3 is 1.69 bits per heavy atom. The Labute approximate surface area is 200 Å². The summed E-state index contributed by atoms with van der Waals surface area (Å²) in [5, 5.41) is 4.74. The van der Waals surface area contributed by atoms with Crippen LogP contribution in [0, 0.1) is 0 Å². The van der Waals surface area contributed by atoms with Gasteiger partial charge in [0, 0.05) is 27.2 Å². The molecule has 8 rings (SSSR count). The second kappa shape index (κ2) is 6.84. The number of benzene rings is 5. The first-order valence-corrected chi connectivity index (χ1v) is 11.7. The zero-order chi connectivity index (χ0) is 22.9. The van der Waals surface area contributed by atoms with Crippen LogP contribution in [0.5, 0.6) is 0 Å². The molecular formula is C31H19N3O. The third-order valence-electron chi connectivity index (χ3n) is 6.96. The van der Waals surface area contributed by atoms with Gasteiger partial charge in [-0.1, -0.05) is 72.8 Å². The molecule has 0 N–H and O–H groups in total. The summed E-state index contributed by atoms with van der Waals surface area (Å²) in [5.41, 5.74) is 7.22.